The van der Waals surface area contributed by atoms with Crippen molar-refractivity contribution in [2.75, 3.05) is 66.2 Å². The zero-order valence-electron chi connectivity index (χ0n) is 19.5. The summed E-state index contributed by atoms with van der Waals surface area (Å²) in [7, 11) is 1.68. The zero-order chi connectivity index (χ0) is 22.8. The molecule has 2 aliphatic rings. The van der Waals surface area contributed by atoms with E-state index < -0.39 is 0 Å². The van der Waals surface area contributed by atoms with E-state index in [1.54, 1.807) is 12.0 Å². The Balaban J connectivity index is 0.00000385. The smallest absolute Gasteiger partial charge is 0.254 e. The lowest BCUT2D eigenvalue weighted by Gasteiger charge is -2.26. The lowest BCUT2D eigenvalue weighted by molar-refractivity contribution is -0.123. The van der Waals surface area contributed by atoms with E-state index in [1.165, 1.54) is 0 Å². The van der Waals surface area contributed by atoms with Gasteiger partial charge in [0.2, 0.25) is 5.91 Å². The number of nitrogens with zero attached hydrogens (tertiary/aromatic N) is 3. The maximum absolute atomic E-state index is 12.6. The van der Waals surface area contributed by atoms with E-state index in [9.17, 15) is 9.59 Å². The van der Waals surface area contributed by atoms with Crippen molar-refractivity contribution in [3.05, 3.63) is 35.4 Å². The zero-order valence-corrected chi connectivity index (χ0v) is 21.9. The van der Waals surface area contributed by atoms with Crippen LogP contribution in [0.25, 0.3) is 0 Å². The number of piperazine rings is 1. The highest BCUT2D eigenvalue weighted by Gasteiger charge is 2.25. The van der Waals surface area contributed by atoms with Crippen molar-refractivity contribution < 1.29 is 19.1 Å². The van der Waals surface area contributed by atoms with Crippen molar-refractivity contribution in [2.45, 2.75) is 19.9 Å². The topological polar surface area (TPSA) is 95.5 Å². The van der Waals surface area contributed by atoms with Crippen LogP contribution >= 0.6 is 24.0 Å². The molecule has 2 amide bonds. The number of carbonyl (C=O) groups excluding carboxylic acids is 2. The maximum atomic E-state index is 12.6. The molecule has 1 aromatic carbocycles. The molecule has 0 aromatic heterocycles. The van der Waals surface area contributed by atoms with Crippen LogP contribution in [-0.4, -0.2) is 93.8 Å². The van der Waals surface area contributed by atoms with Crippen molar-refractivity contribution >= 4 is 41.8 Å². The summed E-state index contributed by atoms with van der Waals surface area (Å²) >= 11 is 0. The van der Waals surface area contributed by atoms with Crippen LogP contribution in [0.1, 0.15) is 29.3 Å². The molecule has 0 aliphatic carbocycles. The Morgan fingerprint density at radius 1 is 1.21 bits per heavy atom. The largest absolute Gasteiger partial charge is 0.382 e. The summed E-state index contributed by atoms with van der Waals surface area (Å²) in [5, 5.41) is 6.12. The lowest BCUT2D eigenvalue weighted by Crippen LogP contribution is -2.49. The van der Waals surface area contributed by atoms with Gasteiger partial charge in [0.1, 0.15) is 0 Å². The molecule has 1 unspecified atom stereocenters. The molecule has 2 fully saturated rings. The van der Waals surface area contributed by atoms with Gasteiger partial charge in [0.05, 0.1) is 32.9 Å². The summed E-state index contributed by atoms with van der Waals surface area (Å²) in [6.07, 6.45) is 1.09. The summed E-state index contributed by atoms with van der Waals surface area (Å²) in [4.78, 5) is 32.8. The number of amides is 2. The summed E-state index contributed by atoms with van der Waals surface area (Å²) in [6, 6.07) is 7.49. The molecular formula is C23H36IN5O4. The molecule has 1 aromatic rings. The summed E-state index contributed by atoms with van der Waals surface area (Å²) in [5.74, 6) is 1.18. The first-order valence-electron chi connectivity index (χ1n) is 11.4. The quantitative estimate of drug-likeness (QED) is 0.201. The van der Waals surface area contributed by atoms with E-state index >= 15 is 0 Å². The van der Waals surface area contributed by atoms with Gasteiger partial charge in [-0.25, -0.2) is 4.99 Å². The van der Waals surface area contributed by atoms with Crippen molar-refractivity contribution in [3.8, 4) is 0 Å². The fourth-order valence-corrected chi connectivity index (χ4v) is 3.89. The van der Waals surface area contributed by atoms with Gasteiger partial charge in [-0.3, -0.25) is 9.59 Å². The summed E-state index contributed by atoms with van der Waals surface area (Å²) < 4.78 is 10.7. The molecule has 33 heavy (non-hydrogen) atoms. The molecule has 0 spiro atoms. The molecule has 2 N–H and O–H groups in total. The van der Waals surface area contributed by atoms with Crippen molar-refractivity contribution in [1.29, 1.82) is 0 Å². The number of hydrogen-bond acceptors (Lipinski definition) is 5. The molecule has 10 heteroatoms. The van der Waals surface area contributed by atoms with Gasteiger partial charge in [-0.1, -0.05) is 12.1 Å². The Morgan fingerprint density at radius 3 is 2.70 bits per heavy atom. The Kier molecular flexibility index (Phi) is 11.9. The van der Waals surface area contributed by atoms with E-state index in [0.29, 0.717) is 44.3 Å². The number of likely N-dealkylation sites (tertiary alicyclic amines) is 1. The molecule has 0 saturated carbocycles. The van der Waals surface area contributed by atoms with Gasteiger partial charge < -0.3 is 29.9 Å². The third-order valence-corrected chi connectivity index (χ3v) is 5.64. The number of benzene rings is 1. The first kappa shape index (κ1) is 27.3. The van der Waals surface area contributed by atoms with Gasteiger partial charge in [-0.05, 0) is 31.0 Å². The number of hydrogen-bond donors (Lipinski definition) is 2. The molecule has 2 aliphatic heterocycles. The van der Waals surface area contributed by atoms with Gasteiger partial charge in [0.25, 0.3) is 5.91 Å². The van der Waals surface area contributed by atoms with Crippen LogP contribution in [0.2, 0.25) is 0 Å². The Bertz CT molecular complexity index is 790. The van der Waals surface area contributed by atoms with Gasteiger partial charge in [0, 0.05) is 51.3 Å². The van der Waals surface area contributed by atoms with E-state index in [4.69, 9.17) is 14.5 Å². The third kappa shape index (κ3) is 8.42. The number of ether oxygens (including phenoxy) is 2. The average molecular weight is 573 g/mol. The van der Waals surface area contributed by atoms with E-state index in [-0.39, 0.29) is 42.3 Å². The number of nitrogens with one attached hydrogen (secondary N) is 2. The minimum atomic E-state index is -0.114. The predicted octanol–water partition coefficient (Wildman–Crippen LogP) is 1.33. The van der Waals surface area contributed by atoms with Gasteiger partial charge in [-0.2, -0.15) is 0 Å². The fraction of sp³-hybridized carbons (Fsp3) is 0.609. The maximum Gasteiger partial charge on any atom is 0.254 e. The molecule has 0 radical (unpaired) electrons. The highest BCUT2D eigenvalue weighted by atomic mass is 127. The van der Waals surface area contributed by atoms with Gasteiger partial charge >= 0.3 is 0 Å². The van der Waals surface area contributed by atoms with Crippen molar-refractivity contribution in [1.82, 2.24) is 20.4 Å². The Labute approximate surface area is 213 Å². The minimum Gasteiger partial charge on any atom is -0.382 e. The second-order valence-corrected chi connectivity index (χ2v) is 8.11. The SMILES string of the molecule is CCNC(=NCc1ccc(C(=O)N2CCNC(=O)C2)cc1)N1CCC(COCCOC)C1.I. The number of methoxy groups -OCH3 is 1. The molecule has 2 saturated heterocycles. The Hall–Kier alpha value is -1.92. The predicted molar refractivity (Wildman–Crippen MR) is 138 cm³/mol. The number of rotatable bonds is 9. The first-order chi connectivity index (χ1) is 15.6. The van der Waals surface area contributed by atoms with E-state index in [0.717, 1.165) is 44.2 Å². The van der Waals surface area contributed by atoms with E-state index in [2.05, 4.69) is 22.5 Å². The number of carbonyl (C=O) groups is 2. The van der Waals surface area contributed by atoms with Crippen LogP contribution in [0, 0.1) is 5.92 Å². The van der Waals surface area contributed by atoms with Crippen LogP contribution in [0.5, 0.6) is 0 Å². The second kappa shape index (κ2) is 14.4. The van der Waals surface area contributed by atoms with Crippen molar-refractivity contribution in [3.63, 3.8) is 0 Å². The monoisotopic (exact) mass is 573 g/mol. The first-order valence-corrected chi connectivity index (χ1v) is 11.4. The van der Waals surface area contributed by atoms with Crippen LogP contribution in [0.15, 0.2) is 29.3 Å². The van der Waals surface area contributed by atoms with Gasteiger partial charge in [-0.15, -0.1) is 24.0 Å². The highest BCUT2D eigenvalue weighted by Crippen LogP contribution is 2.17. The van der Waals surface area contributed by atoms with Crippen LogP contribution < -0.4 is 10.6 Å². The van der Waals surface area contributed by atoms with Crippen molar-refractivity contribution in [2.24, 2.45) is 10.9 Å². The number of aliphatic imine (C=N–C) groups is 1. The third-order valence-electron chi connectivity index (χ3n) is 5.64. The average Bonchev–Trinajstić information content (AvgIpc) is 3.28. The molecule has 0 bridgehead atoms. The molecular weight excluding hydrogens is 537 g/mol. The molecule has 3 rings (SSSR count). The molecule has 184 valence electrons. The van der Waals surface area contributed by atoms with Crippen LogP contribution in [0.4, 0.5) is 0 Å². The number of halogens is 1. The summed E-state index contributed by atoms with van der Waals surface area (Å²) in [5.41, 5.74) is 1.63. The normalized spacial score (nSPS) is 18.7. The van der Waals surface area contributed by atoms with E-state index in [1.807, 2.05) is 24.3 Å². The van der Waals surface area contributed by atoms with Gasteiger partial charge in [0.15, 0.2) is 5.96 Å². The highest BCUT2D eigenvalue weighted by molar-refractivity contribution is 14.0. The molecule has 1 atom stereocenters. The number of guanidine groups is 1. The lowest BCUT2D eigenvalue weighted by atomic mass is 10.1. The fourth-order valence-electron chi connectivity index (χ4n) is 3.89. The summed E-state index contributed by atoms with van der Waals surface area (Å²) in [6.45, 7) is 8.45. The molecule has 2 heterocycles. The van der Waals surface area contributed by atoms with Crippen LogP contribution in [-0.2, 0) is 20.8 Å². The van der Waals surface area contributed by atoms with Crippen LogP contribution in [0.3, 0.4) is 0 Å². The minimum absolute atomic E-state index is 0. The standard InChI is InChI=1S/C23H35N5O4.HI/c1-3-24-23(28-10-8-19(15-28)17-32-13-12-31-2)26-14-18-4-6-20(7-5-18)22(30)27-11-9-25-21(29)16-27;/h4-7,19H,3,8-17H2,1-2H3,(H,24,26)(H,25,29);1H. The second-order valence-electron chi connectivity index (χ2n) is 8.11. The Morgan fingerprint density at radius 2 is 2.00 bits per heavy atom. The molecule has 9 nitrogen and oxygen atoms in total.